The van der Waals surface area contributed by atoms with Gasteiger partial charge >= 0.3 is 5.97 Å². The monoisotopic (exact) mass is 376 g/mol. The van der Waals surface area contributed by atoms with Gasteiger partial charge in [0.2, 0.25) is 11.8 Å². The molecule has 2 atom stereocenters. The number of carbonyl (C=O) groups is 3. The molecule has 1 aromatic rings. The Labute approximate surface area is 159 Å². The van der Waals surface area contributed by atoms with Gasteiger partial charge in [-0.05, 0) is 25.3 Å². The summed E-state index contributed by atoms with van der Waals surface area (Å²) in [5, 5.41) is 12.5. The second kappa shape index (κ2) is 10.7. The Bertz CT molecular complexity index is 635. The standard InChI is InChI=1S/C20H28N2O5/c1-2-27-20(26)17-13-16(23)14-22(17)19(25)11-12-21-18(24)10-6-9-15-7-4-3-5-8-15/h3-5,7-8,16-17,23H,2,6,9-14H2,1H3,(H,21,24). The average Bonchev–Trinajstić information content (AvgIpc) is 3.05. The van der Waals surface area contributed by atoms with Crippen molar-refractivity contribution in [2.75, 3.05) is 19.7 Å². The van der Waals surface area contributed by atoms with Crippen LogP contribution in [0.4, 0.5) is 0 Å². The van der Waals surface area contributed by atoms with Crippen molar-refractivity contribution in [2.45, 2.75) is 51.2 Å². The van der Waals surface area contributed by atoms with Gasteiger partial charge in [0.25, 0.3) is 0 Å². The van der Waals surface area contributed by atoms with E-state index in [0.717, 1.165) is 12.8 Å². The highest BCUT2D eigenvalue weighted by Crippen LogP contribution is 2.20. The number of amides is 2. The van der Waals surface area contributed by atoms with Gasteiger partial charge in [0, 0.05) is 32.4 Å². The number of carbonyl (C=O) groups excluding carboxylic acids is 3. The van der Waals surface area contributed by atoms with Crippen LogP contribution in [0.5, 0.6) is 0 Å². The Kier molecular flexibility index (Phi) is 8.26. The number of esters is 1. The maximum atomic E-state index is 12.3. The van der Waals surface area contributed by atoms with E-state index in [0.29, 0.717) is 6.42 Å². The molecule has 2 unspecified atom stereocenters. The van der Waals surface area contributed by atoms with Crippen molar-refractivity contribution in [3.63, 3.8) is 0 Å². The van der Waals surface area contributed by atoms with Crippen molar-refractivity contribution in [1.29, 1.82) is 0 Å². The lowest BCUT2D eigenvalue weighted by Crippen LogP contribution is -2.42. The summed E-state index contributed by atoms with van der Waals surface area (Å²) < 4.78 is 4.96. The predicted molar refractivity (Wildman–Crippen MR) is 99.8 cm³/mol. The molecule has 2 N–H and O–H groups in total. The summed E-state index contributed by atoms with van der Waals surface area (Å²) in [6.07, 6.45) is 1.53. The third kappa shape index (κ3) is 6.67. The van der Waals surface area contributed by atoms with Crippen molar-refractivity contribution < 1.29 is 24.2 Å². The molecular weight excluding hydrogens is 348 g/mol. The Morgan fingerprint density at radius 3 is 2.67 bits per heavy atom. The molecule has 1 heterocycles. The molecule has 0 saturated carbocycles. The number of ether oxygens (including phenoxy) is 1. The van der Waals surface area contributed by atoms with E-state index in [9.17, 15) is 19.5 Å². The topological polar surface area (TPSA) is 95.9 Å². The summed E-state index contributed by atoms with van der Waals surface area (Å²) >= 11 is 0. The lowest BCUT2D eigenvalue weighted by atomic mass is 10.1. The van der Waals surface area contributed by atoms with E-state index in [1.807, 2.05) is 30.3 Å². The number of likely N-dealkylation sites (tertiary alicyclic amines) is 1. The lowest BCUT2D eigenvalue weighted by Gasteiger charge is -2.22. The first-order chi connectivity index (χ1) is 13.0. The van der Waals surface area contributed by atoms with Crippen LogP contribution in [0.1, 0.15) is 38.2 Å². The predicted octanol–water partition coefficient (Wildman–Crippen LogP) is 1.04. The van der Waals surface area contributed by atoms with Crippen molar-refractivity contribution in [1.82, 2.24) is 10.2 Å². The Balaban J connectivity index is 1.68. The van der Waals surface area contributed by atoms with Gasteiger partial charge in [-0.15, -0.1) is 0 Å². The van der Waals surface area contributed by atoms with E-state index in [4.69, 9.17) is 4.74 Å². The van der Waals surface area contributed by atoms with Crippen LogP contribution in [-0.4, -0.2) is 59.6 Å². The highest BCUT2D eigenvalue weighted by Gasteiger charge is 2.39. The molecule has 1 aromatic carbocycles. The Morgan fingerprint density at radius 2 is 1.96 bits per heavy atom. The summed E-state index contributed by atoms with van der Waals surface area (Å²) in [5.74, 6) is -0.858. The van der Waals surface area contributed by atoms with Gasteiger partial charge in [0.05, 0.1) is 12.7 Å². The second-order valence-corrected chi connectivity index (χ2v) is 6.64. The number of nitrogens with zero attached hydrogens (tertiary/aromatic N) is 1. The molecule has 1 aliphatic heterocycles. The van der Waals surface area contributed by atoms with Gasteiger partial charge in [0.1, 0.15) is 6.04 Å². The number of benzene rings is 1. The van der Waals surface area contributed by atoms with E-state index in [2.05, 4.69) is 5.32 Å². The number of hydrogen-bond donors (Lipinski definition) is 2. The van der Waals surface area contributed by atoms with Gasteiger partial charge in [-0.3, -0.25) is 9.59 Å². The second-order valence-electron chi connectivity index (χ2n) is 6.64. The minimum absolute atomic E-state index is 0.0903. The van der Waals surface area contributed by atoms with E-state index in [-0.39, 0.29) is 44.4 Å². The third-order valence-electron chi connectivity index (χ3n) is 4.53. The molecule has 2 amide bonds. The highest BCUT2D eigenvalue weighted by atomic mass is 16.5. The molecule has 1 fully saturated rings. The molecule has 2 rings (SSSR count). The lowest BCUT2D eigenvalue weighted by molar-refractivity contribution is -0.153. The van der Waals surface area contributed by atoms with Crippen LogP contribution in [0.15, 0.2) is 30.3 Å². The quantitative estimate of drug-likeness (QED) is 0.628. The molecule has 1 aliphatic rings. The Morgan fingerprint density at radius 1 is 1.22 bits per heavy atom. The normalized spacial score (nSPS) is 19.0. The van der Waals surface area contributed by atoms with Gasteiger partial charge in [-0.1, -0.05) is 30.3 Å². The number of aliphatic hydroxyl groups is 1. The van der Waals surface area contributed by atoms with Crippen LogP contribution < -0.4 is 5.32 Å². The largest absolute Gasteiger partial charge is 0.464 e. The zero-order valence-corrected chi connectivity index (χ0v) is 15.7. The minimum atomic E-state index is -0.742. The molecule has 148 valence electrons. The number of aliphatic hydroxyl groups excluding tert-OH is 1. The zero-order valence-electron chi connectivity index (χ0n) is 15.7. The van der Waals surface area contributed by atoms with Crippen LogP contribution in [0.25, 0.3) is 0 Å². The minimum Gasteiger partial charge on any atom is -0.464 e. The number of β-amino-alcohol motifs (C(OH)–C–C–N with tert-alkyl or cyclic N) is 1. The van der Waals surface area contributed by atoms with E-state index in [1.165, 1.54) is 10.5 Å². The first kappa shape index (κ1) is 20.9. The fraction of sp³-hybridized carbons (Fsp3) is 0.550. The van der Waals surface area contributed by atoms with Crippen LogP contribution in [-0.2, 0) is 25.5 Å². The van der Waals surface area contributed by atoms with Crippen molar-refractivity contribution >= 4 is 17.8 Å². The first-order valence-corrected chi connectivity index (χ1v) is 9.46. The fourth-order valence-corrected chi connectivity index (χ4v) is 3.19. The van der Waals surface area contributed by atoms with Crippen molar-refractivity contribution in [3.8, 4) is 0 Å². The molecule has 0 bridgehead atoms. The van der Waals surface area contributed by atoms with E-state index >= 15 is 0 Å². The molecule has 0 aliphatic carbocycles. The summed E-state index contributed by atoms with van der Waals surface area (Å²) in [5.41, 5.74) is 1.19. The molecule has 27 heavy (non-hydrogen) atoms. The Hall–Kier alpha value is -2.41. The molecule has 0 radical (unpaired) electrons. The summed E-state index contributed by atoms with van der Waals surface area (Å²) in [6, 6.07) is 9.22. The fourth-order valence-electron chi connectivity index (χ4n) is 3.19. The van der Waals surface area contributed by atoms with Crippen LogP contribution in [0.2, 0.25) is 0 Å². The molecular formula is C20H28N2O5. The SMILES string of the molecule is CCOC(=O)C1CC(O)CN1C(=O)CCNC(=O)CCCc1ccccc1. The molecule has 7 nitrogen and oxygen atoms in total. The van der Waals surface area contributed by atoms with E-state index in [1.54, 1.807) is 6.92 Å². The number of rotatable bonds is 9. The molecule has 0 aromatic heterocycles. The molecule has 7 heteroatoms. The average molecular weight is 376 g/mol. The van der Waals surface area contributed by atoms with Crippen molar-refractivity contribution in [3.05, 3.63) is 35.9 Å². The third-order valence-corrected chi connectivity index (χ3v) is 4.53. The smallest absolute Gasteiger partial charge is 0.328 e. The molecule has 1 saturated heterocycles. The highest BCUT2D eigenvalue weighted by molar-refractivity contribution is 5.86. The van der Waals surface area contributed by atoms with E-state index < -0.39 is 18.1 Å². The summed E-state index contributed by atoms with van der Waals surface area (Å²) in [6.45, 7) is 2.26. The van der Waals surface area contributed by atoms with Gasteiger partial charge in [-0.2, -0.15) is 0 Å². The first-order valence-electron chi connectivity index (χ1n) is 9.46. The summed E-state index contributed by atoms with van der Waals surface area (Å²) in [7, 11) is 0. The maximum absolute atomic E-state index is 12.3. The van der Waals surface area contributed by atoms with Gasteiger partial charge in [0.15, 0.2) is 0 Å². The number of aryl methyl sites for hydroxylation is 1. The summed E-state index contributed by atoms with van der Waals surface area (Å²) in [4.78, 5) is 37.5. The van der Waals surface area contributed by atoms with Crippen LogP contribution >= 0.6 is 0 Å². The van der Waals surface area contributed by atoms with Crippen LogP contribution in [0, 0.1) is 0 Å². The van der Waals surface area contributed by atoms with Crippen molar-refractivity contribution in [2.24, 2.45) is 0 Å². The zero-order chi connectivity index (χ0) is 19.6. The van der Waals surface area contributed by atoms with Gasteiger partial charge in [-0.25, -0.2) is 4.79 Å². The van der Waals surface area contributed by atoms with Crippen LogP contribution in [0.3, 0.4) is 0 Å². The molecule has 0 spiro atoms. The number of hydrogen-bond acceptors (Lipinski definition) is 5. The maximum Gasteiger partial charge on any atom is 0.328 e. The van der Waals surface area contributed by atoms with Gasteiger partial charge < -0.3 is 20.1 Å². The number of nitrogens with one attached hydrogen (secondary N) is 1.